The highest BCUT2D eigenvalue weighted by Gasteiger charge is 2.16. The molecule has 0 aliphatic carbocycles. The van der Waals surface area contributed by atoms with Crippen molar-refractivity contribution in [1.29, 1.82) is 0 Å². The molecule has 0 fully saturated rings. The predicted octanol–water partition coefficient (Wildman–Crippen LogP) is 1.51. The Labute approximate surface area is 117 Å². The topological polar surface area (TPSA) is 72.5 Å². The van der Waals surface area contributed by atoms with Crippen molar-refractivity contribution in [3.05, 3.63) is 28.8 Å². The molecule has 1 N–H and O–H groups in total. The zero-order chi connectivity index (χ0) is 14.6. The second kappa shape index (κ2) is 6.36. The molecule has 0 radical (unpaired) electrons. The molecule has 0 spiro atoms. The summed E-state index contributed by atoms with van der Waals surface area (Å²) >= 11 is 5.81. The van der Waals surface area contributed by atoms with Gasteiger partial charge in [0.2, 0.25) is 0 Å². The van der Waals surface area contributed by atoms with Crippen LogP contribution in [0.25, 0.3) is 0 Å². The van der Waals surface area contributed by atoms with Crippen molar-refractivity contribution in [2.45, 2.75) is 17.9 Å². The van der Waals surface area contributed by atoms with Crippen LogP contribution in [-0.4, -0.2) is 40.3 Å². The standard InChI is InChI=1S/C12H16ClNO4S/c1-8(7-18-2)14-12(15)9-4-5-10(13)11(6-9)19(3,16)17/h4-6,8H,7H2,1-3H3,(H,14,15). The maximum absolute atomic E-state index is 11.9. The number of ether oxygens (including phenoxy) is 1. The number of benzene rings is 1. The van der Waals surface area contributed by atoms with Crippen LogP contribution < -0.4 is 5.32 Å². The van der Waals surface area contributed by atoms with Gasteiger partial charge in [0.1, 0.15) is 0 Å². The Hall–Kier alpha value is -1.11. The van der Waals surface area contributed by atoms with Crippen molar-refractivity contribution in [3.63, 3.8) is 0 Å². The van der Waals surface area contributed by atoms with Crippen LogP contribution in [0, 0.1) is 0 Å². The summed E-state index contributed by atoms with van der Waals surface area (Å²) in [5, 5.41) is 2.79. The number of hydrogen-bond donors (Lipinski definition) is 1. The SMILES string of the molecule is COCC(C)NC(=O)c1ccc(Cl)c(S(C)(=O)=O)c1. The smallest absolute Gasteiger partial charge is 0.251 e. The van der Waals surface area contributed by atoms with E-state index in [0.29, 0.717) is 6.61 Å². The molecule has 0 aliphatic heterocycles. The average Bonchev–Trinajstić information content (AvgIpc) is 2.27. The molecule has 0 aliphatic rings. The maximum atomic E-state index is 11.9. The molecule has 1 aromatic carbocycles. The Morgan fingerprint density at radius 1 is 1.47 bits per heavy atom. The van der Waals surface area contributed by atoms with Crippen LogP contribution in [0.15, 0.2) is 23.1 Å². The molecule has 0 saturated heterocycles. The third-order valence-corrected chi connectivity index (χ3v) is 3.97. The van der Waals surface area contributed by atoms with Gasteiger partial charge in [-0.3, -0.25) is 4.79 Å². The van der Waals surface area contributed by atoms with Crippen molar-refractivity contribution < 1.29 is 17.9 Å². The number of halogens is 1. The van der Waals surface area contributed by atoms with Crippen LogP contribution in [0.3, 0.4) is 0 Å². The molecule has 1 atom stereocenters. The quantitative estimate of drug-likeness (QED) is 0.895. The molecule has 1 amide bonds. The lowest BCUT2D eigenvalue weighted by molar-refractivity contribution is 0.0905. The monoisotopic (exact) mass is 305 g/mol. The molecule has 106 valence electrons. The Balaban J connectivity index is 3.00. The van der Waals surface area contributed by atoms with Crippen molar-refractivity contribution in [2.24, 2.45) is 0 Å². The van der Waals surface area contributed by atoms with E-state index in [4.69, 9.17) is 16.3 Å². The summed E-state index contributed by atoms with van der Waals surface area (Å²) < 4.78 is 27.9. The van der Waals surface area contributed by atoms with E-state index < -0.39 is 9.84 Å². The Morgan fingerprint density at radius 2 is 2.11 bits per heavy atom. The third kappa shape index (κ3) is 4.49. The molecule has 1 rings (SSSR count). The summed E-state index contributed by atoms with van der Waals surface area (Å²) in [6.45, 7) is 2.16. The molecule has 19 heavy (non-hydrogen) atoms. The summed E-state index contributed by atoms with van der Waals surface area (Å²) in [4.78, 5) is 11.9. The van der Waals surface area contributed by atoms with E-state index in [1.54, 1.807) is 6.92 Å². The first-order valence-corrected chi connectivity index (χ1v) is 7.82. The first kappa shape index (κ1) is 15.9. The van der Waals surface area contributed by atoms with Gasteiger partial charge in [0, 0.05) is 25.0 Å². The summed E-state index contributed by atoms with van der Waals surface area (Å²) in [5.41, 5.74) is 0.243. The van der Waals surface area contributed by atoms with E-state index in [1.165, 1.54) is 25.3 Å². The minimum absolute atomic E-state index is 0.0544. The Morgan fingerprint density at radius 3 is 2.63 bits per heavy atom. The van der Waals surface area contributed by atoms with E-state index in [-0.39, 0.29) is 27.4 Å². The molecule has 0 aromatic heterocycles. The van der Waals surface area contributed by atoms with E-state index in [1.807, 2.05) is 0 Å². The minimum Gasteiger partial charge on any atom is -0.383 e. The van der Waals surface area contributed by atoms with Crippen LogP contribution in [0.1, 0.15) is 17.3 Å². The Kier molecular flexibility index (Phi) is 5.34. The van der Waals surface area contributed by atoms with Crippen molar-refractivity contribution in [3.8, 4) is 0 Å². The average molecular weight is 306 g/mol. The molecular formula is C12H16ClNO4S. The highest BCUT2D eigenvalue weighted by Crippen LogP contribution is 2.22. The van der Waals surface area contributed by atoms with Gasteiger partial charge in [0.25, 0.3) is 5.91 Å². The number of rotatable bonds is 5. The molecule has 0 saturated carbocycles. The van der Waals surface area contributed by atoms with Gasteiger partial charge in [-0.05, 0) is 25.1 Å². The molecule has 0 heterocycles. The van der Waals surface area contributed by atoms with Gasteiger partial charge >= 0.3 is 0 Å². The van der Waals surface area contributed by atoms with Crippen LogP contribution in [0.2, 0.25) is 5.02 Å². The van der Waals surface area contributed by atoms with E-state index in [9.17, 15) is 13.2 Å². The van der Waals surface area contributed by atoms with E-state index >= 15 is 0 Å². The first-order valence-electron chi connectivity index (χ1n) is 5.55. The number of hydrogen-bond acceptors (Lipinski definition) is 4. The first-order chi connectivity index (χ1) is 8.75. The van der Waals surface area contributed by atoms with Crippen molar-refractivity contribution in [2.75, 3.05) is 20.0 Å². The van der Waals surface area contributed by atoms with Crippen molar-refractivity contribution in [1.82, 2.24) is 5.32 Å². The summed E-state index contributed by atoms with van der Waals surface area (Å²) in [6.07, 6.45) is 1.05. The fraction of sp³-hybridized carbons (Fsp3) is 0.417. The highest BCUT2D eigenvalue weighted by molar-refractivity contribution is 7.90. The lowest BCUT2D eigenvalue weighted by Gasteiger charge is -2.13. The van der Waals surface area contributed by atoms with Gasteiger partial charge in [-0.25, -0.2) is 8.42 Å². The fourth-order valence-corrected chi connectivity index (χ4v) is 2.83. The maximum Gasteiger partial charge on any atom is 0.251 e. The second-order valence-corrected chi connectivity index (χ2v) is 6.64. The summed E-state index contributed by atoms with van der Waals surface area (Å²) in [6, 6.07) is 3.97. The largest absolute Gasteiger partial charge is 0.383 e. The summed E-state index contributed by atoms with van der Waals surface area (Å²) in [7, 11) is -1.93. The lowest BCUT2D eigenvalue weighted by atomic mass is 10.2. The van der Waals surface area contributed by atoms with Crippen LogP contribution in [-0.2, 0) is 14.6 Å². The predicted molar refractivity (Wildman–Crippen MR) is 73.4 cm³/mol. The number of sulfone groups is 1. The van der Waals surface area contributed by atoms with Crippen LogP contribution >= 0.6 is 11.6 Å². The number of carbonyl (C=O) groups excluding carboxylic acids is 1. The van der Waals surface area contributed by atoms with Gasteiger partial charge < -0.3 is 10.1 Å². The molecule has 5 nitrogen and oxygen atoms in total. The molecule has 1 unspecified atom stereocenters. The van der Waals surface area contributed by atoms with Gasteiger partial charge in [-0.15, -0.1) is 0 Å². The zero-order valence-electron chi connectivity index (χ0n) is 10.9. The van der Waals surface area contributed by atoms with Gasteiger partial charge in [0.15, 0.2) is 9.84 Å². The summed E-state index contributed by atoms with van der Waals surface area (Å²) in [5.74, 6) is -0.369. The minimum atomic E-state index is -3.46. The Bertz CT molecular complexity index is 571. The van der Waals surface area contributed by atoms with Gasteiger partial charge in [-0.1, -0.05) is 11.6 Å². The number of amides is 1. The van der Waals surface area contributed by atoms with Crippen LogP contribution in [0.5, 0.6) is 0 Å². The second-order valence-electron chi connectivity index (χ2n) is 4.25. The van der Waals surface area contributed by atoms with Crippen LogP contribution in [0.4, 0.5) is 0 Å². The lowest BCUT2D eigenvalue weighted by Crippen LogP contribution is -2.35. The molecule has 7 heteroatoms. The molecular weight excluding hydrogens is 290 g/mol. The van der Waals surface area contributed by atoms with Gasteiger partial charge in [-0.2, -0.15) is 0 Å². The highest BCUT2D eigenvalue weighted by atomic mass is 35.5. The normalized spacial score (nSPS) is 13.1. The number of carbonyl (C=O) groups is 1. The fourth-order valence-electron chi connectivity index (χ4n) is 1.53. The third-order valence-electron chi connectivity index (χ3n) is 2.39. The van der Waals surface area contributed by atoms with Crippen molar-refractivity contribution >= 4 is 27.3 Å². The zero-order valence-corrected chi connectivity index (χ0v) is 12.5. The van der Waals surface area contributed by atoms with E-state index in [2.05, 4.69) is 5.32 Å². The number of nitrogens with one attached hydrogen (secondary N) is 1. The van der Waals surface area contributed by atoms with Gasteiger partial charge in [0.05, 0.1) is 16.5 Å². The molecule has 0 bridgehead atoms. The number of methoxy groups -OCH3 is 1. The van der Waals surface area contributed by atoms with E-state index in [0.717, 1.165) is 6.26 Å². The molecule has 1 aromatic rings.